The second kappa shape index (κ2) is 10.2. The topological polar surface area (TPSA) is 169 Å². The molecule has 11 nitrogen and oxygen atoms in total. The van der Waals surface area contributed by atoms with Crippen LogP contribution >= 0.6 is 0 Å². The van der Waals surface area contributed by atoms with Crippen LogP contribution in [0.15, 0.2) is 6.33 Å². The number of amides is 1. The molecule has 1 amide bonds. The summed E-state index contributed by atoms with van der Waals surface area (Å²) in [4.78, 5) is 25.1. The number of fused-ring (bicyclic) bond motifs is 1. The van der Waals surface area contributed by atoms with Crippen LogP contribution in [-0.2, 0) is 9.53 Å². The summed E-state index contributed by atoms with van der Waals surface area (Å²) in [6, 6.07) is 0. The zero-order chi connectivity index (χ0) is 24.4. The van der Waals surface area contributed by atoms with E-state index in [1.54, 1.807) is 6.92 Å². The number of hydrogen-bond acceptors (Lipinski definition) is 9. The van der Waals surface area contributed by atoms with Gasteiger partial charge in [0.05, 0.1) is 12.4 Å². The third-order valence-corrected chi connectivity index (χ3v) is 6.73. The number of likely N-dealkylation sites (N-methyl/N-ethyl adjacent to an activating group) is 1. The van der Waals surface area contributed by atoms with Crippen molar-refractivity contribution < 1.29 is 24.9 Å². The van der Waals surface area contributed by atoms with Crippen molar-refractivity contribution in [3.8, 4) is 11.8 Å². The number of carbonyl (C=O) groups excluding carboxylic acids is 1. The van der Waals surface area contributed by atoms with E-state index in [0.717, 1.165) is 25.7 Å². The Labute approximate surface area is 197 Å². The van der Waals surface area contributed by atoms with Gasteiger partial charge in [0, 0.05) is 13.0 Å². The quantitative estimate of drug-likeness (QED) is 0.379. The Kier molecular flexibility index (Phi) is 7.33. The largest absolute Gasteiger partial charge is 0.393 e. The molecule has 6 N–H and O–H groups in total. The van der Waals surface area contributed by atoms with Gasteiger partial charge in [-0.2, -0.15) is 0 Å². The number of aliphatic hydroxyl groups is 3. The van der Waals surface area contributed by atoms with Crippen molar-refractivity contribution in [3.63, 3.8) is 0 Å². The summed E-state index contributed by atoms with van der Waals surface area (Å²) in [6.07, 6.45) is 0.828. The molecule has 2 aliphatic rings. The van der Waals surface area contributed by atoms with Crippen molar-refractivity contribution in [3.05, 3.63) is 12.2 Å². The summed E-state index contributed by atoms with van der Waals surface area (Å²) >= 11 is 0. The molecule has 1 saturated carbocycles. The highest BCUT2D eigenvalue weighted by Gasteiger charge is 2.47. The van der Waals surface area contributed by atoms with Gasteiger partial charge in [0.25, 0.3) is 5.91 Å². The number of nitrogen functional groups attached to an aromatic ring is 1. The van der Waals surface area contributed by atoms with Gasteiger partial charge >= 0.3 is 0 Å². The third kappa shape index (κ3) is 4.86. The van der Waals surface area contributed by atoms with E-state index in [-0.39, 0.29) is 17.7 Å². The number of hydrogen-bond donors (Lipinski definition) is 5. The fourth-order valence-electron chi connectivity index (χ4n) is 4.71. The number of ether oxygens (including phenoxy) is 1. The molecule has 0 spiro atoms. The highest BCUT2D eigenvalue weighted by molar-refractivity contribution is 5.83. The monoisotopic (exact) mass is 472 g/mol. The number of anilines is 1. The van der Waals surface area contributed by atoms with Crippen molar-refractivity contribution in [1.29, 1.82) is 0 Å². The molecule has 0 aromatic carbocycles. The van der Waals surface area contributed by atoms with Crippen LogP contribution in [0.3, 0.4) is 0 Å². The Hall–Kier alpha value is -2.78. The molecular weight excluding hydrogens is 440 g/mol. The minimum atomic E-state index is -1.41. The number of carbonyl (C=O) groups is 1. The number of aromatic nitrogens is 4. The van der Waals surface area contributed by atoms with E-state index in [1.807, 2.05) is 6.92 Å². The van der Waals surface area contributed by atoms with E-state index in [9.17, 15) is 20.1 Å². The van der Waals surface area contributed by atoms with Crippen LogP contribution in [0.25, 0.3) is 11.2 Å². The molecular formula is C23H32N6O5. The van der Waals surface area contributed by atoms with Gasteiger partial charge in [-0.25, -0.2) is 15.0 Å². The molecule has 4 rings (SSSR count). The average Bonchev–Trinajstić information content (AvgIpc) is 3.36. The average molecular weight is 473 g/mol. The van der Waals surface area contributed by atoms with Gasteiger partial charge in [-0.3, -0.25) is 9.36 Å². The number of imidazole rings is 1. The number of aliphatic hydroxyl groups excluding tert-OH is 3. The first-order valence-electron chi connectivity index (χ1n) is 11.8. The molecule has 0 radical (unpaired) electrons. The molecule has 0 bridgehead atoms. The zero-order valence-corrected chi connectivity index (χ0v) is 19.4. The first-order valence-corrected chi connectivity index (χ1v) is 11.8. The molecule has 2 aromatic heterocycles. The number of nitrogens with two attached hydrogens (primary N) is 1. The van der Waals surface area contributed by atoms with Crippen LogP contribution in [0, 0.1) is 23.7 Å². The number of nitrogens with one attached hydrogen (secondary N) is 1. The number of nitrogens with zero attached hydrogens (tertiary/aromatic N) is 4. The molecule has 2 aromatic rings. The summed E-state index contributed by atoms with van der Waals surface area (Å²) in [5.41, 5.74) is 6.68. The third-order valence-electron chi connectivity index (χ3n) is 6.73. The lowest BCUT2D eigenvalue weighted by atomic mass is 9.78. The Morgan fingerprint density at radius 3 is 2.71 bits per heavy atom. The van der Waals surface area contributed by atoms with E-state index in [1.165, 1.54) is 10.9 Å². The Bertz CT molecular complexity index is 1080. The lowest BCUT2D eigenvalue weighted by Gasteiger charge is -2.29. The van der Waals surface area contributed by atoms with Gasteiger partial charge < -0.3 is 31.1 Å². The molecule has 184 valence electrons. The number of rotatable bonds is 5. The van der Waals surface area contributed by atoms with Crippen LogP contribution < -0.4 is 11.1 Å². The molecule has 34 heavy (non-hydrogen) atoms. The van der Waals surface area contributed by atoms with Crippen LogP contribution in [-0.4, -0.2) is 71.7 Å². The van der Waals surface area contributed by atoms with E-state index in [4.69, 9.17) is 10.5 Å². The van der Waals surface area contributed by atoms with Gasteiger partial charge in [0.1, 0.15) is 17.7 Å². The van der Waals surface area contributed by atoms with Gasteiger partial charge in [0.2, 0.25) is 5.82 Å². The van der Waals surface area contributed by atoms with E-state index >= 15 is 0 Å². The molecule has 2 unspecified atom stereocenters. The van der Waals surface area contributed by atoms with Gasteiger partial charge in [-0.1, -0.05) is 5.92 Å². The van der Waals surface area contributed by atoms with Crippen molar-refractivity contribution in [2.24, 2.45) is 11.8 Å². The van der Waals surface area contributed by atoms with Gasteiger partial charge in [-0.05, 0) is 57.3 Å². The van der Waals surface area contributed by atoms with Gasteiger partial charge in [0.15, 0.2) is 23.8 Å². The lowest BCUT2D eigenvalue weighted by Crippen LogP contribution is -2.42. The maximum absolute atomic E-state index is 12.2. The maximum atomic E-state index is 12.2. The van der Waals surface area contributed by atoms with Crippen molar-refractivity contribution in [1.82, 2.24) is 24.8 Å². The van der Waals surface area contributed by atoms with Crippen molar-refractivity contribution in [2.45, 2.75) is 76.6 Å². The second-order valence-corrected chi connectivity index (χ2v) is 9.11. The lowest BCUT2D eigenvalue weighted by molar-refractivity contribution is -0.137. The fraction of sp³-hybridized carbons (Fsp3) is 0.652. The summed E-state index contributed by atoms with van der Waals surface area (Å²) in [6.45, 7) is 3.97. The highest BCUT2D eigenvalue weighted by atomic mass is 16.6. The Morgan fingerprint density at radius 2 is 2.03 bits per heavy atom. The van der Waals surface area contributed by atoms with Crippen molar-refractivity contribution in [2.75, 3.05) is 12.3 Å². The van der Waals surface area contributed by atoms with Crippen molar-refractivity contribution >= 4 is 22.9 Å². The minimum Gasteiger partial charge on any atom is -0.393 e. The first kappa shape index (κ1) is 24.3. The highest BCUT2D eigenvalue weighted by Crippen LogP contribution is 2.33. The second-order valence-electron chi connectivity index (χ2n) is 9.11. The Balaban J connectivity index is 1.51. The molecule has 11 heteroatoms. The van der Waals surface area contributed by atoms with E-state index in [0.29, 0.717) is 36.0 Å². The molecule has 2 fully saturated rings. The smallest absolute Gasteiger partial charge is 0.252 e. The normalized spacial score (nSPS) is 30.0. The SMILES string of the molecule is CCNC(=O)[C@H]1O[C@@H](n2cnc3c(N)nc(C#CCC4CCC(C(C)O)CC4)nc32)[C@@H](O)C1O. The van der Waals surface area contributed by atoms with Crippen LogP contribution in [0.1, 0.15) is 58.0 Å². The fourth-order valence-corrected chi connectivity index (χ4v) is 4.71. The molecule has 5 atom stereocenters. The predicted molar refractivity (Wildman–Crippen MR) is 123 cm³/mol. The molecule has 1 aliphatic carbocycles. The van der Waals surface area contributed by atoms with Gasteiger partial charge in [-0.15, -0.1) is 0 Å². The zero-order valence-electron chi connectivity index (χ0n) is 19.4. The molecule has 1 aliphatic heterocycles. The van der Waals surface area contributed by atoms with E-state index in [2.05, 4.69) is 32.1 Å². The van der Waals surface area contributed by atoms with Crippen LogP contribution in [0.5, 0.6) is 0 Å². The summed E-state index contributed by atoms with van der Waals surface area (Å²) in [5.74, 6) is 6.81. The summed E-state index contributed by atoms with van der Waals surface area (Å²) in [5, 5.41) is 33.2. The maximum Gasteiger partial charge on any atom is 0.252 e. The first-order chi connectivity index (χ1) is 16.3. The van der Waals surface area contributed by atoms with Crippen LogP contribution in [0.2, 0.25) is 0 Å². The summed E-state index contributed by atoms with van der Waals surface area (Å²) < 4.78 is 7.11. The standard InChI is InChI=1S/C23H32N6O5/c1-3-25-22(33)19-17(31)18(32)23(34-19)29-11-26-16-20(24)27-15(28-21(16)29)6-4-5-13-7-9-14(10-8-13)12(2)30/h11-14,17-19,23,30-32H,3,5,7-10H2,1-2H3,(H,25,33)(H2,24,27,28)/t12?,13?,14?,17?,18-,19-,23+/m0/s1. The van der Waals surface area contributed by atoms with E-state index < -0.39 is 30.4 Å². The summed E-state index contributed by atoms with van der Waals surface area (Å²) in [7, 11) is 0. The Morgan fingerprint density at radius 1 is 1.29 bits per heavy atom. The predicted octanol–water partition coefficient (Wildman–Crippen LogP) is 0.0926. The molecule has 3 heterocycles. The van der Waals surface area contributed by atoms with Crippen LogP contribution in [0.4, 0.5) is 5.82 Å². The minimum absolute atomic E-state index is 0.138. The molecule has 1 saturated heterocycles.